The number of rotatable bonds is 9. The third-order valence-electron chi connectivity index (χ3n) is 2.83. The Bertz CT molecular complexity index is 453. The lowest BCUT2D eigenvalue weighted by molar-refractivity contribution is 0.287. The minimum atomic E-state index is 0. The fourth-order valence-corrected chi connectivity index (χ4v) is 1.87. The van der Waals surface area contributed by atoms with E-state index in [0.29, 0.717) is 19.2 Å². The average molecular weight is 421 g/mol. The van der Waals surface area contributed by atoms with Gasteiger partial charge in [0.15, 0.2) is 17.5 Å². The molecule has 3 N–H and O–H groups in total. The number of nitrogens with one attached hydrogen (secondary N) is 1. The highest BCUT2D eigenvalue weighted by molar-refractivity contribution is 14.0. The normalized spacial score (nSPS) is 10.8. The van der Waals surface area contributed by atoms with Gasteiger partial charge in [-0.1, -0.05) is 13.0 Å². The molecule has 0 saturated heterocycles. The van der Waals surface area contributed by atoms with Crippen molar-refractivity contribution in [2.45, 2.75) is 33.6 Å². The first-order valence-corrected chi connectivity index (χ1v) is 7.63. The van der Waals surface area contributed by atoms with Crippen molar-refractivity contribution in [3.63, 3.8) is 0 Å². The van der Waals surface area contributed by atoms with Crippen molar-refractivity contribution in [2.24, 2.45) is 10.7 Å². The molecule has 0 spiro atoms. The van der Waals surface area contributed by atoms with Crippen LogP contribution < -0.4 is 20.5 Å². The number of nitrogens with zero attached hydrogens (tertiary/aromatic N) is 1. The first-order chi connectivity index (χ1) is 10.2. The number of hydrogen-bond acceptors (Lipinski definition) is 3. The smallest absolute Gasteiger partial charge is 0.188 e. The Kier molecular flexibility index (Phi) is 11.7. The molecule has 22 heavy (non-hydrogen) atoms. The maximum absolute atomic E-state index is 5.76. The fourth-order valence-electron chi connectivity index (χ4n) is 1.87. The minimum Gasteiger partial charge on any atom is -0.490 e. The van der Waals surface area contributed by atoms with Crippen LogP contribution in [0.5, 0.6) is 11.5 Å². The molecule has 0 aliphatic carbocycles. The van der Waals surface area contributed by atoms with E-state index < -0.39 is 0 Å². The van der Waals surface area contributed by atoms with Crippen molar-refractivity contribution in [3.05, 3.63) is 23.8 Å². The van der Waals surface area contributed by atoms with Crippen LogP contribution in [0.15, 0.2) is 23.2 Å². The van der Waals surface area contributed by atoms with Crippen LogP contribution in [-0.2, 0) is 6.42 Å². The SMILES string of the molecule is CCCN=C(N)NCCc1ccc(OCC)c(OCC)c1.I. The molecule has 0 fully saturated rings. The first kappa shape index (κ1) is 20.8. The average Bonchev–Trinajstić information content (AvgIpc) is 2.48. The van der Waals surface area contributed by atoms with E-state index in [1.54, 1.807) is 0 Å². The standard InChI is InChI=1S/C16H27N3O2.HI/c1-4-10-18-16(17)19-11-9-13-7-8-14(20-5-2)15(12-13)21-6-3;/h7-8,12H,4-6,9-11H2,1-3H3,(H3,17,18,19);1H. The Hall–Kier alpha value is -1.18. The molecule has 6 heteroatoms. The molecule has 0 heterocycles. The van der Waals surface area contributed by atoms with E-state index in [-0.39, 0.29) is 24.0 Å². The van der Waals surface area contributed by atoms with Crippen LogP contribution in [0.4, 0.5) is 0 Å². The van der Waals surface area contributed by atoms with Crippen LogP contribution in [0, 0.1) is 0 Å². The van der Waals surface area contributed by atoms with Crippen LogP contribution >= 0.6 is 24.0 Å². The highest BCUT2D eigenvalue weighted by atomic mass is 127. The second kappa shape index (κ2) is 12.4. The van der Waals surface area contributed by atoms with E-state index in [1.165, 1.54) is 5.56 Å². The number of hydrogen-bond donors (Lipinski definition) is 2. The topological polar surface area (TPSA) is 68.9 Å². The second-order valence-electron chi connectivity index (χ2n) is 4.59. The van der Waals surface area contributed by atoms with Gasteiger partial charge < -0.3 is 20.5 Å². The number of halogens is 1. The molecule has 0 aromatic heterocycles. The Balaban J connectivity index is 0.00000441. The summed E-state index contributed by atoms with van der Waals surface area (Å²) in [4.78, 5) is 4.20. The van der Waals surface area contributed by atoms with E-state index in [9.17, 15) is 0 Å². The van der Waals surface area contributed by atoms with Crippen LogP contribution in [0.1, 0.15) is 32.8 Å². The molecule has 0 bridgehead atoms. The highest BCUT2D eigenvalue weighted by Gasteiger charge is 2.06. The summed E-state index contributed by atoms with van der Waals surface area (Å²) in [7, 11) is 0. The van der Waals surface area contributed by atoms with Gasteiger partial charge in [0, 0.05) is 13.1 Å². The number of ether oxygens (including phenoxy) is 2. The van der Waals surface area contributed by atoms with Crippen molar-refractivity contribution < 1.29 is 9.47 Å². The zero-order valence-corrected chi connectivity index (χ0v) is 16.1. The third-order valence-corrected chi connectivity index (χ3v) is 2.83. The Labute approximate surface area is 150 Å². The molecule has 0 unspecified atom stereocenters. The largest absolute Gasteiger partial charge is 0.490 e. The van der Waals surface area contributed by atoms with E-state index in [1.807, 2.05) is 26.0 Å². The monoisotopic (exact) mass is 421 g/mol. The van der Waals surface area contributed by atoms with Gasteiger partial charge in [-0.05, 0) is 44.4 Å². The summed E-state index contributed by atoms with van der Waals surface area (Å²) in [6.07, 6.45) is 1.85. The molecule has 0 radical (unpaired) electrons. The molecule has 5 nitrogen and oxygen atoms in total. The van der Waals surface area contributed by atoms with E-state index in [0.717, 1.165) is 37.4 Å². The van der Waals surface area contributed by atoms with Gasteiger partial charge in [0.25, 0.3) is 0 Å². The van der Waals surface area contributed by atoms with Gasteiger partial charge in [0.1, 0.15) is 0 Å². The van der Waals surface area contributed by atoms with E-state index in [2.05, 4.69) is 23.3 Å². The molecule has 0 amide bonds. The Morgan fingerprint density at radius 1 is 1.14 bits per heavy atom. The van der Waals surface area contributed by atoms with Gasteiger partial charge in [-0.25, -0.2) is 0 Å². The van der Waals surface area contributed by atoms with Gasteiger partial charge in [0.2, 0.25) is 0 Å². The predicted octanol–water partition coefficient (Wildman–Crippen LogP) is 2.96. The van der Waals surface area contributed by atoms with Gasteiger partial charge in [-0.15, -0.1) is 24.0 Å². The highest BCUT2D eigenvalue weighted by Crippen LogP contribution is 2.28. The summed E-state index contributed by atoms with van der Waals surface area (Å²) in [5.41, 5.74) is 6.94. The van der Waals surface area contributed by atoms with E-state index >= 15 is 0 Å². The Morgan fingerprint density at radius 3 is 2.45 bits per heavy atom. The van der Waals surface area contributed by atoms with Crippen molar-refractivity contribution in [1.82, 2.24) is 5.32 Å². The predicted molar refractivity (Wildman–Crippen MR) is 103 cm³/mol. The van der Waals surface area contributed by atoms with Gasteiger partial charge in [-0.2, -0.15) is 0 Å². The lowest BCUT2D eigenvalue weighted by Crippen LogP contribution is -2.33. The zero-order valence-electron chi connectivity index (χ0n) is 13.7. The molecule has 1 aromatic carbocycles. The molecule has 0 atom stereocenters. The van der Waals surface area contributed by atoms with Gasteiger partial charge >= 0.3 is 0 Å². The molecule has 1 rings (SSSR count). The quantitative estimate of drug-likeness (QED) is 0.366. The molecule has 0 saturated carbocycles. The van der Waals surface area contributed by atoms with Gasteiger partial charge in [-0.3, -0.25) is 4.99 Å². The van der Waals surface area contributed by atoms with Crippen LogP contribution in [0.25, 0.3) is 0 Å². The molecular weight excluding hydrogens is 393 g/mol. The van der Waals surface area contributed by atoms with Crippen molar-refractivity contribution in [1.29, 1.82) is 0 Å². The zero-order chi connectivity index (χ0) is 15.5. The summed E-state index contributed by atoms with van der Waals surface area (Å²) in [6, 6.07) is 6.03. The number of benzene rings is 1. The van der Waals surface area contributed by atoms with Crippen molar-refractivity contribution in [2.75, 3.05) is 26.3 Å². The summed E-state index contributed by atoms with van der Waals surface area (Å²) in [5, 5.41) is 3.11. The summed E-state index contributed by atoms with van der Waals surface area (Å²) < 4.78 is 11.2. The summed E-state index contributed by atoms with van der Waals surface area (Å²) in [5.74, 6) is 2.09. The number of aliphatic imine (C=N–C) groups is 1. The summed E-state index contributed by atoms with van der Waals surface area (Å²) >= 11 is 0. The fraction of sp³-hybridized carbons (Fsp3) is 0.562. The second-order valence-corrected chi connectivity index (χ2v) is 4.59. The molecule has 0 aliphatic heterocycles. The first-order valence-electron chi connectivity index (χ1n) is 7.63. The minimum absolute atomic E-state index is 0. The molecular formula is C16H28IN3O2. The van der Waals surface area contributed by atoms with Gasteiger partial charge in [0.05, 0.1) is 13.2 Å². The maximum Gasteiger partial charge on any atom is 0.188 e. The van der Waals surface area contributed by atoms with Crippen molar-refractivity contribution in [3.8, 4) is 11.5 Å². The van der Waals surface area contributed by atoms with Crippen LogP contribution in [0.3, 0.4) is 0 Å². The molecule has 0 aliphatic rings. The van der Waals surface area contributed by atoms with E-state index in [4.69, 9.17) is 15.2 Å². The molecule has 126 valence electrons. The lowest BCUT2D eigenvalue weighted by Gasteiger charge is -2.12. The number of guanidine groups is 1. The maximum atomic E-state index is 5.76. The van der Waals surface area contributed by atoms with Crippen LogP contribution in [0.2, 0.25) is 0 Å². The summed E-state index contributed by atoms with van der Waals surface area (Å²) in [6.45, 7) is 8.77. The lowest BCUT2D eigenvalue weighted by atomic mass is 10.1. The third kappa shape index (κ3) is 7.72. The Morgan fingerprint density at radius 2 is 1.82 bits per heavy atom. The molecule has 1 aromatic rings. The van der Waals surface area contributed by atoms with Crippen molar-refractivity contribution >= 4 is 29.9 Å². The van der Waals surface area contributed by atoms with Crippen LogP contribution in [-0.4, -0.2) is 32.3 Å². The number of nitrogens with two attached hydrogens (primary N) is 1.